The molecular formula is C16H13N3O2S. The van der Waals surface area contributed by atoms with Crippen LogP contribution in [-0.2, 0) is 9.67 Å². The summed E-state index contributed by atoms with van der Waals surface area (Å²) in [4.78, 5) is 13.5. The SMILES string of the molecule is CN1C(=O)C2(NN=C(c3ccccc3O)S2)c2ccccc21. The number of fused-ring (bicyclic) bond motifs is 2. The first-order valence-electron chi connectivity index (χ1n) is 6.83. The largest absolute Gasteiger partial charge is 0.507 e. The fourth-order valence-electron chi connectivity index (χ4n) is 2.82. The molecule has 1 amide bonds. The number of carbonyl (C=O) groups excluding carboxylic acids is 1. The minimum absolute atomic E-state index is 0.0622. The first-order chi connectivity index (χ1) is 10.6. The monoisotopic (exact) mass is 311 g/mol. The molecule has 0 saturated heterocycles. The number of amides is 1. The van der Waals surface area contributed by atoms with Crippen LogP contribution in [0.3, 0.4) is 0 Å². The van der Waals surface area contributed by atoms with Crippen LogP contribution < -0.4 is 10.3 Å². The lowest BCUT2D eigenvalue weighted by atomic mass is 10.1. The van der Waals surface area contributed by atoms with Gasteiger partial charge in [-0.1, -0.05) is 42.1 Å². The van der Waals surface area contributed by atoms with E-state index < -0.39 is 4.87 Å². The fourth-order valence-corrected chi connectivity index (χ4v) is 4.08. The normalized spacial score (nSPS) is 22.7. The van der Waals surface area contributed by atoms with E-state index in [0.717, 1.165) is 11.3 Å². The number of likely N-dealkylation sites (N-methyl/N-ethyl adjacent to an activating group) is 1. The Morgan fingerprint density at radius 2 is 1.91 bits per heavy atom. The van der Waals surface area contributed by atoms with Crippen molar-refractivity contribution in [3.8, 4) is 5.75 Å². The van der Waals surface area contributed by atoms with Gasteiger partial charge in [0.25, 0.3) is 5.91 Å². The summed E-state index contributed by atoms with van der Waals surface area (Å²) >= 11 is 1.33. The minimum atomic E-state index is -0.942. The summed E-state index contributed by atoms with van der Waals surface area (Å²) in [6.45, 7) is 0. The Morgan fingerprint density at radius 3 is 2.73 bits per heavy atom. The third-order valence-corrected chi connectivity index (χ3v) is 5.25. The lowest BCUT2D eigenvalue weighted by Gasteiger charge is -2.21. The predicted octanol–water partition coefficient (Wildman–Crippen LogP) is 2.22. The molecule has 2 heterocycles. The van der Waals surface area contributed by atoms with Gasteiger partial charge in [0, 0.05) is 12.6 Å². The van der Waals surface area contributed by atoms with Gasteiger partial charge >= 0.3 is 0 Å². The number of rotatable bonds is 1. The number of carbonyl (C=O) groups is 1. The first kappa shape index (κ1) is 13.2. The summed E-state index contributed by atoms with van der Waals surface area (Å²) in [6.07, 6.45) is 0. The second kappa shape index (κ2) is 4.51. The number of benzene rings is 2. The molecule has 2 N–H and O–H groups in total. The Balaban J connectivity index is 1.78. The molecule has 2 aliphatic heterocycles. The molecule has 0 aliphatic carbocycles. The number of aromatic hydroxyl groups is 1. The van der Waals surface area contributed by atoms with Crippen molar-refractivity contribution in [3.05, 3.63) is 59.7 Å². The molecule has 0 bridgehead atoms. The molecule has 2 aliphatic rings. The molecular weight excluding hydrogens is 298 g/mol. The van der Waals surface area contributed by atoms with Crippen molar-refractivity contribution in [2.75, 3.05) is 11.9 Å². The zero-order chi connectivity index (χ0) is 15.3. The van der Waals surface area contributed by atoms with Crippen molar-refractivity contribution in [1.29, 1.82) is 0 Å². The van der Waals surface area contributed by atoms with E-state index in [1.807, 2.05) is 30.3 Å². The van der Waals surface area contributed by atoms with E-state index in [2.05, 4.69) is 10.5 Å². The summed E-state index contributed by atoms with van der Waals surface area (Å²) in [5.74, 6) is 0.0903. The molecule has 22 heavy (non-hydrogen) atoms. The summed E-state index contributed by atoms with van der Waals surface area (Å²) in [7, 11) is 1.76. The molecule has 0 radical (unpaired) electrons. The highest BCUT2D eigenvalue weighted by molar-refractivity contribution is 8.16. The van der Waals surface area contributed by atoms with E-state index in [1.54, 1.807) is 30.1 Å². The van der Waals surface area contributed by atoms with Gasteiger partial charge in [-0.05, 0) is 18.2 Å². The molecule has 110 valence electrons. The van der Waals surface area contributed by atoms with Gasteiger partial charge in [-0.25, -0.2) is 0 Å². The highest BCUT2D eigenvalue weighted by Crippen LogP contribution is 2.50. The number of hydrazone groups is 1. The van der Waals surface area contributed by atoms with Crippen LogP contribution in [0, 0.1) is 0 Å². The zero-order valence-corrected chi connectivity index (χ0v) is 12.6. The van der Waals surface area contributed by atoms with E-state index in [1.165, 1.54) is 11.8 Å². The molecule has 0 fully saturated rings. The molecule has 2 aromatic rings. The number of phenols is 1. The first-order valence-corrected chi connectivity index (χ1v) is 7.65. The van der Waals surface area contributed by atoms with Crippen molar-refractivity contribution in [2.45, 2.75) is 4.87 Å². The van der Waals surface area contributed by atoms with Crippen LogP contribution in [0.2, 0.25) is 0 Å². The van der Waals surface area contributed by atoms with Gasteiger partial charge in [0.1, 0.15) is 10.8 Å². The summed E-state index contributed by atoms with van der Waals surface area (Å²) in [6, 6.07) is 14.7. The van der Waals surface area contributed by atoms with Gasteiger partial charge in [0.05, 0.1) is 11.3 Å². The number of hydrogen-bond acceptors (Lipinski definition) is 5. The maximum atomic E-state index is 12.8. The average molecular weight is 311 g/mol. The van der Waals surface area contributed by atoms with Crippen molar-refractivity contribution in [1.82, 2.24) is 5.43 Å². The van der Waals surface area contributed by atoms with Crippen LogP contribution in [0.4, 0.5) is 5.69 Å². The highest BCUT2D eigenvalue weighted by atomic mass is 32.2. The second-order valence-electron chi connectivity index (χ2n) is 5.21. The van der Waals surface area contributed by atoms with Gasteiger partial charge in [-0.2, -0.15) is 5.10 Å². The third-order valence-electron chi connectivity index (χ3n) is 3.95. The number of anilines is 1. The van der Waals surface area contributed by atoms with Crippen LogP contribution >= 0.6 is 11.8 Å². The molecule has 6 heteroatoms. The van der Waals surface area contributed by atoms with E-state index >= 15 is 0 Å². The Morgan fingerprint density at radius 1 is 1.18 bits per heavy atom. The number of thioether (sulfide) groups is 1. The lowest BCUT2D eigenvalue weighted by molar-refractivity contribution is -0.120. The predicted molar refractivity (Wildman–Crippen MR) is 86.9 cm³/mol. The molecule has 0 saturated carbocycles. The second-order valence-corrected chi connectivity index (χ2v) is 6.41. The van der Waals surface area contributed by atoms with Gasteiger partial charge in [-0.15, -0.1) is 0 Å². The summed E-state index contributed by atoms with van der Waals surface area (Å²) in [5.41, 5.74) is 5.38. The van der Waals surface area contributed by atoms with Gasteiger partial charge < -0.3 is 10.0 Å². The number of para-hydroxylation sites is 2. The van der Waals surface area contributed by atoms with Crippen LogP contribution in [0.1, 0.15) is 11.1 Å². The molecule has 1 spiro atoms. The summed E-state index contributed by atoms with van der Waals surface area (Å²) in [5, 5.41) is 14.9. The molecule has 1 atom stereocenters. The van der Waals surface area contributed by atoms with Gasteiger partial charge in [0.2, 0.25) is 4.87 Å². The molecule has 2 aromatic carbocycles. The van der Waals surface area contributed by atoms with Crippen molar-refractivity contribution >= 4 is 28.4 Å². The standard InChI is InChI=1S/C16H13N3O2S/c1-19-12-8-4-3-7-11(12)16(15(19)21)18-17-14(22-16)10-6-2-5-9-13(10)20/h2-9,18,20H,1H3. The zero-order valence-electron chi connectivity index (χ0n) is 11.8. The van der Waals surface area contributed by atoms with Crippen LogP contribution in [0.15, 0.2) is 53.6 Å². The lowest BCUT2D eigenvalue weighted by Crippen LogP contribution is -2.43. The van der Waals surface area contributed by atoms with Crippen molar-refractivity contribution < 1.29 is 9.90 Å². The number of hydrogen-bond donors (Lipinski definition) is 2. The van der Waals surface area contributed by atoms with Gasteiger partial charge in [-0.3, -0.25) is 10.2 Å². The smallest absolute Gasteiger partial charge is 0.269 e. The number of phenolic OH excluding ortho intramolecular Hbond substituents is 1. The van der Waals surface area contributed by atoms with E-state index in [-0.39, 0.29) is 11.7 Å². The van der Waals surface area contributed by atoms with Crippen LogP contribution in [0.5, 0.6) is 5.75 Å². The molecule has 0 aromatic heterocycles. The highest BCUT2D eigenvalue weighted by Gasteiger charge is 2.54. The molecule has 4 rings (SSSR count). The Hall–Kier alpha value is -2.47. The minimum Gasteiger partial charge on any atom is -0.507 e. The van der Waals surface area contributed by atoms with Crippen LogP contribution in [0.25, 0.3) is 0 Å². The third kappa shape index (κ3) is 1.61. The average Bonchev–Trinajstić information content (AvgIpc) is 3.07. The topological polar surface area (TPSA) is 64.9 Å². The maximum Gasteiger partial charge on any atom is 0.269 e. The van der Waals surface area contributed by atoms with Crippen molar-refractivity contribution in [2.24, 2.45) is 5.10 Å². The van der Waals surface area contributed by atoms with Gasteiger partial charge in [0.15, 0.2) is 0 Å². The van der Waals surface area contributed by atoms with E-state index in [9.17, 15) is 9.90 Å². The molecule has 5 nitrogen and oxygen atoms in total. The van der Waals surface area contributed by atoms with Crippen molar-refractivity contribution in [3.63, 3.8) is 0 Å². The van der Waals surface area contributed by atoms with E-state index in [4.69, 9.17) is 0 Å². The van der Waals surface area contributed by atoms with Crippen LogP contribution in [-0.4, -0.2) is 23.1 Å². The number of nitrogens with one attached hydrogen (secondary N) is 1. The Labute approximate surface area is 131 Å². The quantitative estimate of drug-likeness (QED) is 0.847. The summed E-state index contributed by atoms with van der Waals surface area (Å²) < 4.78 is 0. The molecule has 1 unspecified atom stereocenters. The number of nitrogens with zero attached hydrogens (tertiary/aromatic N) is 2. The van der Waals surface area contributed by atoms with E-state index in [0.29, 0.717) is 10.6 Å². The Kier molecular flexibility index (Phi) is 2.71. The maximum absolute atomic E-state index is 12.8. The Bertz CT molecular complexity index is 821. The fraction of sp³-hybridized carbons (Fsp3) is 0.125.